The van der Waals surface area contributed by atoms with E-state index in [1.165, 1.54) is 4.57 Å². The van der Waals surface area contributed by atoms with E-state index in [1.807, 2.05) is 45.0 Å². The van der Waals surface area contributed by atoms with Crippen LogP contribution in [0.5, 0.6) is 0 Å². The molecular weight excluding hydrogens is 364 g/mol. The first-order valence-electron chi connectivity index (χ1n) is 10.3. The third kappa shape index (κ3) is 4.50. The summed E-state index contributed by atoms with van der Waals surface area (Å²) in [5.41, 5.74) is 2.24. The summed E-state index contributed by atoms with van der Waals surface area (Å²) in [6, 6.07) is 7.49. The van der Waals surface area contributed by atoms with Crippen LogP contribution in [0.4, 0.5) is 0 Å². The van der Waals surface area contributed by atoms with Gasteiger partial charge in [0, 0.05) is 30.4 Å². The second-order valence-corrected chi connectivity index (χ2v) is 9.29. The number of pyridine rings is 1. The molecule has 2 aromatic rings. The molecule has 1 N–H and O–H groups in total. The minimum absolute atomic E-state index is 0.0201. The number of aromatic nitrogens is 1. The summed E-state index contributed by atoms with van der Waals surface area (Å²) in [5.74, 6) is 0.0388. The first-order chi connectivity index (χ1) is 13.6. The number of hydrogen-bond donors (Lipinski definition) is 1. The van der Waals surface area contributed by atoms with Crippen molar-refractivity contribution in [2.75, 3.05) is 6.54 Å². The first kappa shape index (κ1) is 21.0. The fraction of sp³-hybridized carbons (Fsp3) is 0.458. The van der Waals surface area contributed by atoms with Crippen LogP contribution in [0.25, 0.3) is 5.69 Å². The average molecular weight is 395 g/mol. The van der Waals surface area contributed by atoms with Crippen LogP contribution in [0.2, 0.25) is 0 Å². The lowest BCUT2D eigenvalue weighted by molar-refractivity contribution is 0.0909. The maximum Gasteiger partial charge on any atom is 0.268 e. The van der Waals surface area contributed by atoms with Crippen LogP contribution < -0.4 is 10.9 Å². The van der Waals surface area contributed by atoms with Gasteiger partial charge >= 0.3 is 0 Å². The summed E-state index contributed by atoms with van der Waals surface area (Å²) in [6.07, 6.45) is 3.38. The number of nitrogens with zero attached hydrogens (tertiary/aromatic N) is 1. The Bertz CT molecular complexity index is 998. The zero-order chi connectivity index (χ0) is 21.3. The Balaban J connectivity index is 2.15. The Hall–Kier alpha value is -2.69. The van der Waals surface area contributed by atoms with Gasteiger partial charge in [0.05, 0.1) is 0 Å². The highest BCUT2D eigenvalue weighted by molar-refractivity contribution is 6.04. The van der Waals surface area contributed by atoms with Gasteiger partial charge < -0.3 is 5.32 Å². The average Bonchev–Trinajstić information content (AvgIpc) is 2.61. The lowest BCUT2D eigenvalue weighted by Gasteiger charge is -2.31. The molecule has 0 saturated heterocycles. The second-order valence-electron chi connectivity index (χ2n) is 9.29. The van der Waals surface area contributed by atoms with E-state index in [1.54, 1.807) is 6.20 Å². The minimum atomic E-state index is -0.390. The molecule has 0 unspecified atom stereocenters. The zero-order valence-electron chi connectivity index (χ0n) is 18.0. The monoisotopic (exact) mass is 394 g/mol. The standard InChI is InChI=1S/C24H30N2O3/c1-15(2)10-11-25-22(28)21-18-12-24(4,5)13-20(27)19(18)14-26(23(21)29)17-8-6-16(3)7-9-17/h6-9,14-15H,10-13H2,1-5H3,(H,25,28). The fourth-order valence-electron chi connectivity index (χ4n) is 3.84. The Kier molecular flexibility index (Phi) is 5.78. The van der Waals surface area contributed by atoms with Gasteiger partial charge in [-0.2, -0.15) is 0 Å². The van der Waals surface area contributed by atoms with E-state index in [9.17, 15) is 14.4 Å². The van der Waals surface area contributed by atoms with Crippen LogP contribution in [0, 0.1) is 18.3 Å². The molecule has 0 saturated carbocycles. The summed E-state index contributed by atoms with van der Waals surface area (Å²) >= 11 is 0. The van der Waals surface area contributed by atoms with Crippen molar-refractivity contribution < 1.29 is 9.59 Å². The number of rotatable bonds is 5. The first-order valence-corrected chi connectivity index (χ1v) is 10.3. The number of carbonyl (C=O) groups is 2. The molecule has 3 rings (SSSR count). The highest BCUT2D eigenvalue weighted by Gasteiger charge is 2.35. The van der Waals surface area contributed by atoms with Crippen molar-refractivity contribution in [2.45, 2.75) is 53.9 Å². The molecule has 5 heteroatoms. The highest BCUT2D eigenvalue weighted by atomic mass is 16.2. The minimum Gasteiger partial charge on any atom is -0.352 e. The van der Waals surface area contributed by atoms with E-state index in [2.05, 4.69) is 19.2 Å². The molecule has 154 valence electrons. The number of hydrogen-bond acceptors (Lipinski definition) is 3. The Morgan fingerprint density at radius 3 is 2.41 bits per heavy atom. The SMILES string of the molecule is Cc1ccc(-n2cc3c(c(C(=O)NCCC(C)C)c2=O)CC(C)(C)CC3=O)cc1. The molecular formula is C24H30N2O3. The Morgan fingerprint density at radius 1 is 1.14 bits per heavy atom. The van der Waals surface area contributed by atoms with E-state index in [0.29, 0.717) is 42.1 Å². The maximum atomic E-state index is 13.4. The molecule has 1 aliphatic carbocycles. The third-order valence-corrected chi connectivity index (χ3v) is 5.46. The number of carbonyl (C=O) groups excluding carboxylic acids is 2. The number of ketones is 1. The van der Waals surface area contributed by atoms with Crippen LogP contribution in [0.1, 0.15) is 72.4 Å². The van der Waals surface area contributed by atoms with E-state index < -0.39 is 0 Å². The molecule has 1 aromatic carbocycles. The summed E-state index contributed by atoms with van der Waals surface area (Å²) in [5, 5.41) is 2.89. The van der Waals surface area contributed by atoms with Crippen molar-refractivity contribution in [2.24, 2.45) is 11.3 Å². The molecule has 0 bridgehead atoms. The predicted molar refractivity (Wildman–Crippen MR) is 115 cm³/mol. The van der Waals surface area contributed by atoms with Crippen molar-refractivity contribution in [3.8, 4) is 5.69 Å². The number of nitrogens with one attached hydrogen (secondary N) is 1. The van der Waals surface area contributed by atoms with Crippen LogP contribution >= 0.6 is 0 Å². The molecule has 29 heavy (non-hydrogen) atoms. The molecule has 0 spiro atoms. The second kappa shape index (κ2) is 7.97. The number of fused-ring (bicyclic) bond motifs is 1. The molecule has 1 amide bonds. The van der Waals surface area contributed by atoms with Gasteiger partial charge in [-0.3, -0.25) is 19.0 Å². The predicted octanol–water partition coefficient (Wildman–Crippen LogP) is 4.08. The van der Waals surface area contributed by atoms with E-state index in [0.717, 1.165) is 12.0 Å². The molecule has 1 heterocycles. The smallest absolute Gasteiger partial charge is 0.268 e. The van der Waals surface area contributed by atoms with Crippen molar-refractivity contribution in [1.29, 1.82) is 0 Å². The highest BCUT2D eigenvalue weighted by Crippen LogP contribution is 2.35. The Labute approximate surface area is 172 Å². The lowest BCUT2D eigenvalue weighted by atomic mass is 9.73. The quantitative estimate of drug-likeness (QED) is 0.831. The van der Waals surface area contributed by atoms with Crippen LogP contribution in [-0.2, 0) is 6.42 Å². The molecule has 0 radical (unpaired) electrons. The van der Waals surface area contributed by atoms with Gasteiger partial charge in [0.25, 0.3) is 11.5 Å². The topological polar surface area (TPSA) is 68.2 Å². The third-order valence-electron chi connectivity index (χ3n) is 5.46. The number of benzene rings is 1. The summed E-state index contributed by atoms with van der Waals surface area (Å²) in [6.45, 7) is 10.6. The Morgan fingerprint density at radius 2 is 1.79 bits per heavy atom. The van der Waals surface area contributed by atoms with Gasteiger partial charge in [-0.1, -0.05) is 45.4 Å². The number of Topliss-reactive ketones (excluding diaryl/α,β-unsaturated/α-hetero) is 1. The fourth-order valence-corrected chi connectivity index (χ4v) is 3.84. The summed E-state index contributed by atoms with van der Waals surface area (Å²) in [7, 11) is 0. The number of aryl methyl sites for hydroxylation is 1. The molecule has 1 aromatic heterocycles. The van der Waals surface area contributed by atoms with E-state index in [4.69, 9.17) is 0 Å². The lowest BCUT2D eigenvalue weighted by Crippen LogP contribution is -2.39. The van der Waals surface area contributed by atoms with Crippen LogP contribution in [0.15, 0.2) is 35.3 Å². The molecule has 5 nitrogen and oxygen atoms in total. The van der Waals surface area contributed by atoms with Crippen molar-refractivity contribution in [3.05, 3.63) is 63.1 Å². The van der Waals surface area contributed by atoms with Gasteiger partial charge in [0.1, 0.15) is 5.56 Å². The molecule has 0 fully saturated rings. The van der Waals surface area contributed by atoms with Gasteiger partial charge in [-0.25, -0.2) is 0 Å². The molecule has 0 atom stereocenters. The molecule has 1 aliphatic rings. The largest absolute Gasteiger partial charge is 0.352 e. The van der Waals surface area contributed by atoms with E-state index >= 15 is 0 Å². The van der Waals surface area contributed by atoms with Crippen molar-refractivity contribution in [3.63, 3.8) is 0 Å². The molecule has 0 aliphatic heterocycles. The van der Waals surface area contributed by atoms with Crippen LogP contribution in [0.3, 0.4) is 0 Å². The number of amides is 1. The van der Waals surface area contributed by atoms with Crippen LogP contribution in [-0.4, -0.2) is 22.8 Å². The van der Waals surface area contributed by atoms with Gasteiger partial charge in [-0.15, -0.1) is 0 Å². The summed E-state index contributed by atoms with van der Waals surface area (Å²) in [4.78, 5) is 39.3. The van der Waals surface area contributed by atoms with Gasteiger partial charge in [0.2, 0.25) is 0 Å². The zero-order valence-corrected chi connectivity index (χ0v) is 18.0. The maximum absolute atomic E-state index is 13.4. The normalized spacial score (nSPS) is 15.3. The van der Waals surface area contributed by atoms with Gasteiger partial charge in [-0.05, 0) is 48.8 Å². The van der Waals surface area contributed by atoms with Crippen molar-refractivity contribution in [1.82, 2.24) is 9.88 Å². The summed E-state index contributed by atoms with van der Waals surface area (Å²) < 4.78 is 1.44. The van der Waals surface area contributed by atoms with Gasteiger partial charge in [0.15, 0.2) is 5.78 Å². The van der Waals surface area contributed by atoms with E-state index in [-0.39, 0.29) is 28.2 Å². The van der Waals surface area contributed by atoms with Crippen molar-refractivity contribution >= 4 is 11.7 Å².